The maximum absolute atomic E-state index is 8.52. The van der Waals surface area contributed by atoms with Gasteiger partial charge in [-0.3, -0.25) is 5.32 Å². The second-order valence-corrected chi connectivity index (χ2v) is 3.36. The molecule has 86 valence electrons. The van der Waals surface area contributed by atoms with Gasteiger partial charge in [-0.25, -0.2) is 9.97 Å². The van der Waals surface area contributed by atoms with E-state index in [9.17, 15) is 0 Å². The van der Waals surface area contributed by atoms with E-state index in [1.807, 2.05) is 18.3 Å². The molecule has 0 spiro atoms. The van der Waals surface area contributed by atoms with Gasteiger partial charge < -0.3 is 9.73 Å². The minimum Gasteiger partial charge on any atom is -0.467 e. The zero-order valence-corrected chi connectivity index (χ0v) is 9.27. The standard InChI is InChI=1S/C11H11N5O/c1-8-15-10(5-11(16-8)14-7-12)13-6-9-3-2-4-17-9/h2-5H,6H2,1H3,(H2,13,14,15,16). The van der Waals surface area contributed by atoms with E-state index in [0.717, 1.165) is 5.76 Å². The molecule has 2 N–H and O–H groups in total. The third kappa shape index (κ3) is 2.95. The molecule has 2 aromatic heterocycles. The van der Waals surface area contributed by atoms with Crippen LogP contribution in [-0.2, 0) is 6.54 Å². The first-order chi connectivity index (χ1) is 8.28. The normalized spacial score (nSPS) is 9.65. The summed E-state index contributed by atoms with van der Waals surface area (Å²) in [4.78, 5) is 8.26. The van der Waals surface area contributed by atoms with Gasteiger partial charge in [-0.15, -0.1) is 0 Å². The Morgan fingerprint density at radius 2 is 2.24 bits per heavy atom. The number of hydrogen-bond acceptors (Lipinski definition) is 6. The Hall–Kier alpha value is -2.55. The first kappa shape index (κ1) is 11.0. The number of aryl methyl sites for hydroxylation is 1. The minimum absolute atomic E-state index is 0.474. The summed E-state index contributed by atoms with van der Waals surface area (Å²) in [6.07, 6.45) is 3.44. The number of rotatable bonds is 4. The summed E-state index contributed by atoms with van der Waals surface area (Å²) in [6, 6.07) is 5.36. The van der Waals surface area contributed by atoms with Gasteiger partial charge in [0.2, 0.25) is 0 Å². The molecule has 0 aromatic carbocycles. The largest absolute Gasteiger partial charge is 0.467 e. The molecule has 2 heterocycles. The van der Waals surface area contributed by atoms with Gasteiger partial charge in [-0.05, 0) is 19.1 Å². The number of aromatic nitrogens is 2. The van der Waals surface area contributed by atoms with Gasteiger partial charge in [-0.1, -0.05) is 0 Å². The highest BCUT2D eigenvalue weighted by Gasteiger charge is 2.02. The molecule has 6 nitrogen and oxygen atoms in total. The van der Waals surface area contributed by atoms with Crippen LogP contribution in [0.25, 0.3) is 0 Å². The maximum atomic E-state index is 8.52. The molecule has 0 saturated heterocycles. The van der Waals surface area contributed by atoms with Crippen molar-refractivity contribution in [1.29, 1.82) is 5.26 Å². The Kier molecular flexibility index (Phi) is 3.21. The summed E-state index contributed by atoms with van der Waals surface area (Å²) < 4.78 is 5.19. The van der Waals surface area contributed by atoms with Crippen LogP contribution in [0.3, 0.4) is 0 Å². The van der Waals surface area contributed by atoms with E-state index in [1.165, 1.54) is 0 Å². The Morgan fingerprint density at radius 3 is 2.94 bits per heavy atom. The Labute approximate surface area is 98.3 Å². The fourth-order valence-electron chi connectivity index (χ4n) is 1.37. The van der Waals surface area contributed by atoms with Crippen molar-refractivity contribution in [2.24, 2.45) is 0 Å². The summed E-state index contributed by atoms with van der Waals surface area (Å²) in [5.41, 5.74) is 0. The third-order valence-electron chi connectivity index (χ3n) is 2.05. The van der Waals surface area contributed by atoms with E-state index in [-0.39, 0.29) is 0 Å². The zero-order chi connectivity index (χ0) is 12.1. The van der Waals surface area contributed by atoms with E-state index >= 15 is 0 Å². The number of anilines is 2. The highest BCUT2D eigenvalue weighted by molar-refractivity contribution is 5.49. The van der Waals surface area contributed by atoms with Gasteiger partial charge in [0.1, 0.15) is 23.2 Å². The average molecular weight is 229 g/mol. The molecule has 0 fully saturated rings. The molecule has 0 atom stereocenters. The molecule has 0 bridgehead atoms. The number of nitrogens with one attached hydrogen (secondary N) is 2. The lowest BCUT2D eigenvalue weighted by molar-refractivity contribution is 0.518. The molecule has 0 aliphatic carbocycles. The first-order valence-electron chi connectivity index (χ1n) is 5.05. The molecule has 0 unspecified atom stereocenters. The lowest BCUT2D eigenvalue weighted by Crippen LogP contribution is -2.04. The summed E-state index contributed by atoms with van der Waals surface area (Å²) in [5, 5.41) is 14.1. The average Bonchev–Trinajstić information content (AvgIpc) is 2.79. The van der Waals surface area contributed by atoms with E-state index in [2.05, 4.69) is 20.6 Å². The monoisotopic (exact) mass is 229 g/mol. The number of nitriles is 1. The lowest BCUT2D eigenvalue weighted by atomic mass is 10.4. The van der Waals surface area contributed by atoms with Crippen molar-refractivity contribution in [2.75, 3.05) is 10.6 Å². The van der Waals surface area contributed by atoms with Crippen molar-refractivity contribution >= 4 is 11.6 Å². The molecule has 0 saturated carbocycles. The van der Waals surface area contributed by atoms with Gasteiger partial charge in [0, 0.05) is 6.07 Å². The van der Waals surface area contributed by atoms with E-state index in [0.29, 0.717) is 24.0 Å². The first-order valence-corrected chi connectivity index (χ1v) is 5.05. The smallest absolute Gasteiger partial charge is 0.182 e. The third-order valence-corrected chi connectivity index (χ3v) is 2.05. The van der Waals surface area contributed by atoms with Crippen LogP contribution in [0, 0.1) is 18.4 Å². The number of furan rings is 1. The summed E-state index contributed by atoms with van der Waals surface area (Å²) in [5.74, 6) is 2.52. The van der Waals surface area contributed by atoms with Crippen LogP contribution in [0.5, 0.6) is 0 Å². The topological polar surface area (TPSA) is 86.8 Å². The maximum Gasteiger partial charge on any atom is 0.182 e. The Morgan fingerprint density at radius 1 is 1.41 bits per heavy atom. The predicted molar refractivity (Wildman–Crippen MR) is 62.0 cm³/mol. The highest BCUT2D eigenvalue weighted by atomic mass is 16.3. The van der Waals surface area contributed by atoms with Crippen molar-refractivity contribution in [3.8, 4) is 6.19 Å². The molecule has 2 rings (SSSR count). The molecule has 0 radical (unpaired) electrons. The summed E-state index contributed by atoms with van der Waals surface area (Å²) in [6.45, 7) is 2.30. The van der Waals surface area contributed by atoms with Gasteiger partial charge >= 0.3 is 0 Å². The summed E-state index contributed by atoms with van der Waals surface area (Å²) >= 11 is 0. The molecule has 0 aliphatic rings. The SMILES string of the molecule is Cc1nc(NC#N)cc(NCc2ccco2)n1. The van der Waals surface area contributed by atoms with Crippen molar-refractivity contribution in [1.82, 2.24) is 9.97 Å². The van der Waals surface area contributed by atoms with Crippen LogP contribution in [-0.4, -0.2) is 9.97 Å². The van der Waals surface area contributed by atoms with Gasteiger partial charge in [0.05, 0.1) is 12.8 Å². The molecule has 0 amide bonds. The molecule has 2 aromatic rings. The van der Waals surface area contributed by atoms with E-state index < -0.39 is 0 Å². The minimum atomic E-state index is 0.474. The molecule has 0 aliphatic heterocycles. The van der Waals surface area contributed by atoms with Crippen LogP contribution >= 0.6 is 0 Å². The number of nitrogens with zero attached hydrogens (tertiary/aromatic N) is 3. The zero-order valence-electron chi connectivity index (χ0n) is 9.27. The van der Waals surface area contributed by atoms with Gasteiger partial charge in [-0.2, -0.15) is 5.26 Å². The second kappa shape index (κ2) is 4.99. The van der Waals surface area contributed by atoms with Crippen molar-refractivity contribution < 1.29 is 4.42 Å². The molecule has 6 heteroatoms. The quantitative estimate of drug-likeness (QED) is 0.615. The van der Waals surface area contributed by atoms with Crippen molar-refractivity contribution in [3.63, 3.8) is 0 Å². The van der Waals surface area contributed by atoms with Crippen LogP contribution in [0.2, 0.25) is 0 Å². The Bertz CT molecular complexity index is 529. The second-order valence-electron chi connectivity index (χ2n) is 3.36. The van der Waals surface area contributed by atoms with Crippen molar-refractivity contribution in [2.45, 2.75) is 13.5 Å². The van der Waals surface area contributed by atoms with Crippen LogP contribution in [0.15, 0.2) is 28.9 Å². The van der Waals surface area contributed by atoms with E-state index in [4.69, 9.17) is 9.68 Å². The summed E-state index contributed by atoms with van der Waals surface area (Å²) in [7, 11) is 0. The van der Waals surface area contributed by atoms with Crippen LogP contribution in [0.4, 0.5) is 11.6 Å². The van der Waals surface area contributed by atoms with Crippen molar-refractivity contribution in [3.05, 3.63) is 36.0 Å². The predicted octanol–water partition coefficient (Wildman–Crippen LogP) is 1.88. The lowest BCUT2D eigenvalue weighted by Gasteiger charge is -2.06. The fourth-order valence-corrected chi connectivity index (χ4v) is 1.37. The number of hydrogen-bond donors (Lipinski definition) is 2. The van der Waals surface area contributed by atoms with Crippen LogP contribution in [0.1, 0.15) is 11.6 Å². The highest BCUT2D eigenvalue weighted by Crippen LogP contribution is 2.12. The van der Waals surface area contributed by atoms with Crippen LogP contribution < -0.4 is 10.6 Å². The fraction of sp³-hybridized carbons (Fsp3) is 0.182. The van der Waals surface area contributed by atoms with Gasteiger partial charge in [0.15, 0.2) is 6.19 Å². The molecular formula is C11H11N5O. The molecular weight excluding hydrogens is 218 g/mol. The Balaban J connectivity index is 2.07. The van der Waals surface area contributed by atoms with Gasteiger partial charge in [0.25, 0.3) is 0 Å². The molecule has 17 heavy (non-hydrogen) atoms. The van der Waals surface area contributed by atoms with E-state index in [1.54, 1.807) is 19.3 Å².